The summed E-state index contributed by atoms with van der Waals surface area (Å²) >= 11 is 0. The fourth-order valence-corrected chi connectivity index (χ4v) is 3.62. The number of sulfonamides is 1. The molecular weight excluding hydrogens is 258 g/mol. The highest BCUT2D eigenvalue weighted by Crippen LogP contribution is 2.36. The third kappa shape index (κ3) is 4.55. The van der Waals surface area contributed by atoms with Crippen molar-refractivity contribution in [3.8, 4) is 0 Å². The van der Waals surface area contributed by atoms with E-state index in [9.17, 15) is 13.2 Å². The van der Waals surface area contributed by atoms with Crippen LogP contribution in [-0.4, -0.2) is 55.9 Å². The van der Waals surface area contributed by atoms with Crippen LogP contribution in [0.5, 0.6) is 0 Å². The van der Waals surface area contributed by atoms with Gasteiger partial charge in [0.05, 0.1) is 18.8 Å². The van der Waals surface area contributed by atoms with E-state index >= 15 is 0 Å². The lowest BCUT2D eigenvalue weighted by Gasteiger charge is -2.28. The van der Waals surface area contributed by atoms with Crippen molar-refractivity contribution in [2.75, 3.05) is 26.0 Å². The molecule has 18 heavy (non-hydrogen) atoms. The number of hydrogen-bond acceptors (Lipinski definition) is 4. The first kappa shape index (κ1) is 15.4. The molecule has 0 aromatic heterocycles. The molecule has 1 fully saturated rings. The van der Waals surface area contributed by atoms with Crippen LogP contribution in [-0.2, 0) is 19.6 Å². The van der Waals surface area contributed by atoms with E-state index in [2.05, 4.69) is 0 Å². The molecule has 1 aliphatic carbocycles. The SMILES string of the molecule is COCCN(C(C)C1CC1)S(=O)(=O)CCC(=O)O. The number of ether oxygens (including phenoxy) is 1. The fourth-order valence-electron chi connectivity index (χ4n) is 1.92. The molecule has 0 aliphatic heterocycles. The topological polar surface area (TPSA) is 83.9 Å². The Kier molecular flexibility index (Phi) is 5.55. The van der Waals surface area contributed by atoms with Crippen LogP contribution in [0.2, 0.25) is 0 Å². The minimum absolute atomic E-state index is 0.0704. The van der Waals surface area contributed by atoms with Gasteiger partial charge in [0.25, 0.3) is 0 Å². The second-order valence-corrected chi connectivity index (χ2v) is 6.68. The molecule has 0 amide bonds. The highest BCUT2D eigenvalue weighted by atomic mass is 32.2. The Hall–Kier alpha value is -0.660. The maximum atomic E-state index is 12.1. The average Bonchev–Trinajstić information content (AvgIpc) is 3.10. The first-order chi connectivity index (χ1) is 8.38. The molecule has 0 saturated heterocycles. The summed E-state index contributed by atoms with van der Waals surface area (Å²) in [4.78, 5) is 10.5. The van der Waals surface area contributed by atoms with Gasteiger partial charge in [0.2, 0.25) is 10.0 Å². The number of nitrogens with zero attached hydrogens (tertiary/aromatic N) is 1. The van der Waals surface area contributed by atoms with Crippen LogP contribution >= 0.6 is 0 Å². The van der Waals surface area contributed by atoms with Gasteiger partial charge < -0.3 is 9.84 Å². The van der Waals surface area contributed by atoms with Gasteiger partial charge >= 0.3 is 5.97 Å². The van der Waals surface area contributed by atoms with Crippen LogP contribution in [0.1, 0.15) is 26.2 Å². The summed E-state index contributed by atoms with van der Waals surface area (Å²) < 4.78 is 30.6. The first-order valence-corrected chi connectivity index (χ1v) is 7.69. The number of carbonyl (C=O) groups is 1. The van der Waals surface area contributed by atoms with Crippen molar-refractivity contribution < 1.29 is 23.1 Å². The van der Waals surface area contributed by atoms with E-state index in [0.29, 0.717) is 12.5 Å². The molecule has 0 spiro atoms. The predicted molar refractivity (Wildman–Crippen MR) is 66.8 cm³/mol. The van der Waals surface area contributed by atoms with Gasteiger partial charge in [0.1, 0.15) is 0 Å². The van der Waals surface area contributed by atoms with Crippen LogP contribution in [0, 0.1) is 5.92 Å². The largest absolute Gasteiger partial charge is 0.481 e. The molecule has 7 heteroatoms. The first-order valence-electron chi connectivity index (χ1n) is 6.08. The van der Waals surface area contributed by atoms with Crippen LogP contribution in [0.4, 0.5) is 0 Å². The number of hydrogen-bond donors (Lipinski definition) is 1. The zero-order valence-corrected chi connectivity index (χ0v) is 11.6. The molecule has 1 aliphatic rings. The summed E-state index contributed by atoms with van der Waals surface area (Å²) in [5, 5.41) is 8.59. The zero-order chi connectivity index (χ0) is 13.8. The van der Waals surface area contributed by atoms with E-state index in [1.54, 1.807) is 0 Å². The van der Waals surface area contributed by atoms with Crippen LogP contribution in [0.25, 0.3) is 0 Å². The minimum atomic E-state index is -3.52. The molecule has 1 unspecified atom stereocenters. The summed E-state index contributed by atoms with van der Waals surface area (Å²) in [6.45, 7) is 2.49. The van der Waals surface area contributed by atoms with Crippen molar-refractivity contribution in [1.29, 1.82) is 0 Å². The van der Waals surface area contributed by atoms with Crippen molar-refractivity contribution in [2.45, 2.75) is 32.2 Å². The molecule has 0 bridgehead atoms. The number of methoxy groups -OCH3 is 1. The summed E-state index contributed by atoms with van der Waals surface area (Å²) in [6, 6.07) is -0.0704. The second-order valence-electron chi connectivity index (χ2n) is 4.64. The molecule has 0 heterocycles. The summed E-state index contributed by atoms with van der Waals surface area (Å²) in [7, 11) is -2.00. The molecule has 106 valence electrons. The summed E-state index contributed by atoms with van der Waals surface area (Å²) in [5.74, 6) is -1.03. The van der Waals surface area contributed by atoms with Gasteiger partial charge in [-0.05, 0) is 25.7 Å². The number of aliphatic carboxylic acids is 1. The summed E-state index contributed by atoms with van der Waals surface area (Å²) in [5.41, 5.74) is 0. The third-order valence-corrected chi connectivity index (χ3v) is 5.16. The van der Waals surface area contributed by atoms with E-state index in [-0.39, 0.29) is 24.8 Å². The van der Waals surface area contributed by atoms with Gasteiger partial charge in [-0.2, -0.15) is 4.31 Å². The monoisotopic (exact) mass is 279 g/mol. The number of carboxylic acid groups (broad SMARTS) is 1. The smallest absolute Gasteiger partial charge is 0.304 e. The lowest BCUT2D eigenvalue weighted by molar-refractivity contribution is -0.136. The Bertz CT molecular complexity index is 377. The molecule has 0 radical (unpaired) electrons. The Morgan fingerprint density at radius 1 is 1.50 bits per heavy atom. The summed E-state index contributed by atoms with van der Waals surface area (Å²) in [6.07, 6.45) is 1.72. The molecule has 6 nitrogen and oxygen atoms in total. The van der Waals surface area contributed by atoms with Crippen molar-refractivity contribution in [3.05, 3.63) is 0 Å². The molecule has 1 N–H and O–H groups in total. The number of carboxylic acids is 1. The van der Waals surface area contributed by atoms with E-state index in [0.717, 1.165) is 12.8 Å². The highest BCUT2D eigenvalue weighted by Gasteiger charge is 2.37. The maximum Gasteiger partial charge on any atom is 0.304 e. The van der Waals surface area contributed by atoms with Crippen molar-refractivity contribution in [3.63, 3.8) is 0 Å². The van der Waals surface area contributed by atoms with E-state index in [4.69, 9.17) is 9.84 Å². The quantitative estimate of drug-likeness (QED) is 0.666. The molecule has 0 aromatic rings. The Labute approximate surface area is 108 Å². The normalized spacial score (nSPS) is 17.9. The van der Waals surface area contributed by atoms with E-state index < -0.39 is 16.0 Å². The van der Waals surface area contributed by atoms with E-state index in [1.807, 2.05) is 6.92 Å². The Morgan fingerprint density at radius 3 is 2.56 bits per heavy atom. The molecule has 1 rings (SSSR count). The third-order valence-electron chi connectivity index (χ3n) is 3.21. The Balaban J connectivity index is 2.69. The maximum absolute atomic E-state index is 12.1. The van der Waals surface area contributed by atoms with Gasteiger partial charge in [-0.1, -0.05) is 0 Å². The molecule has 1 saturated carbocycles. The average molecular weight is 279 g/mol. The molecule has 0 aromatic carbocycles. The van der Waals surface area contributed by atoms with Gasteiger partial charge in [0, 0.05) is 19.7 Å². The van der Waals surface area contributed by atoms with Crippen molar-refractivity contribution >= 4 is 16.0 Å². The lowest BCUT2D eigenvalue weighted by Crippen LogP contribution is -2.43. The van der Waals surface area contributed by atoms with Gasteiger partial charge in [-0.25, -0.2) is 8.42 Å². The van der Waals surface area contributed by atoms with Crippen molar-refractivity contribution in [2.24, 2.45) is 5.92 Å². The van der Waals surface area contributed by atoms with E-state index in [1.165, 1.54) is 11.4 Å². The fraction of sp³-hybridized carbons (Fsp3) is 0.909. The van der Waals surface area contributed by atoms with Crippen LogP contribution in [0.3, 0.4) is 0 Å². The lowest BCUT2D eigenvalue weighted by atomic mass is 10.2. The second kappa shape index (κ2) is 6.49. The van der Waals surface area contributed by atoms with Gasteiger partial charge in [0.15, 0.2) is 0 Å². The number of rotatable bonds is 9. The molecule has 1 atom stereocenters. The van der Waals surface area contributed by atoms with Gasteiger partial charge in [-0.3, -0.25) is 4.79 Å². The molecular formula is C11H21NO5S. The van der Waals surface area contributed by atoms with Crippen LogP contribution < -0.4 is 0 Å². The van der Waals surface area contributed by atoms with Crippen LogP contribution in [0.15, 0.2) is 0 Å². The van der Waals surface area contributed by atoms with Crippen molar-refractivity contribution in [1.82, 2.24) is 4.31 Å². The minimum Gasteiger partial charge on any atom is -0.481 e. The standard InChI is InChI=1S/C11H21NO5S/c1-9(10-3-4-10)12(6-7-17-2)18(15,16)8-5-11(13)14/h9-10H,3-8H2,1-2H3,(H,13,14). The Morgan fingerprint density at radius 2 is 2.11 bits per heavy atom. The van der Waals surface area contributed by atoms with Gasteiger partial charge in [-0.15, -0.1) is 0 Å². The predicted octanol–water partition coefficient (Wildman–Crippen LogP) is 0.538. The zero-order valence-electron chi connectivity index (χ0n) is 10.8. The highest BCUT2D eigenvalue weighted by molar-refractivity contribution is 7.89.